The first-order valence-corrected chi connectivity index (χ1v) is 9.26. The minimum atomic E-state index is -4.64. The van der Waals surface area contributed by atoms with Crippen LogP contribution in [0.25, 0.3) is 11.3 Å². The maximum absolute atomic E-state index is 13.7. The van der Waals surface area contributed by atoms with Crippen LogP contribution in [-0.4, -0.2) is 14.5 Å². The number of aromatic nitrogens is 3. The van der Waals surface area contributed by atoms with E-state index in [1.807, 2.05) is 6.07 Å². The van der Waals surface area contributed by atoms with Crippen LogP contribution in [0.15, 0.2) is 46.3 Å². The Labute approximate surface area is 180 Å². The number of nitrogens with one attached hydrogen (secondary N) is 1. The summed E-state index contributed by atoms with van der Waals surface area (Å²) >= 11 is 9.93. The average molecular weight is 543 g/mol. The van der Waals surface area contributed by atoms with Gasteiger partial charge in [0.1, 0.15) is 11.8 Å². The van der Waals surface area contributed by atoms with Crippen LogP contribution in [0, 0.1) is 11.3 Å². The topological polar surface area (TPSA) is 57.4 Å². The third-order valence-corrected chi connectivity index (χ3v) is 5.41. The minimum Gasteiger partial charge on any atom is -0.340 e. The second kappa shape index (κ2) is 8.73. The predicted molar refractivity (Wildman–Crippen MR) is 107 cm³/mol. The van der Waals surface area contributed by atoms with Gasteiger partial charge in [-0.2, -0.15) is 18.4 Å². The zero-order valence-corrected chi connectivity index (χ0v) is 18.1. The molecule has 0 saturated heterocycles. The van der Waals surface area contributed by atoms with E-state index in [-0.39, 0.29) is 38.6 Å². The average Bonchev–Trinajstić information content (AvgIpc) is 3.18. The van der Waals surface area contributed by atoms with Gasteiger partial charge in [-0.1, -0.05) is 35.5 Å². The highest BCUT2D eigenvalue weighted by molar-refractivity contribution is 9.10. The summed E-state index contributed by atoms with van der Waals surface area (Å²) in [4.78, 5) is 6.84. The van der Waals surface area contributed by atoms with Crippen molar-refractivity contribution in [2.24, 2.45) is 0 Å². The monoisotopic (exact) mass is 540 g/mol. The van der Waals surface area contributed by atoms with Crippen LogP contribution in [0.5, 0.6) is 0 Å². The molecule has 0 atom stereocenters. The number of alkyl halides is 3. The number of halogens is 6. The highest BCUT2D eigenvalue weighted by atomic mass is 79.9. The summed E-state index contributed by atoms with van der Waals surface area (Å²) in [5.41, 5.74) is -0.373. The van der Waals surface area contributed by atoms with E-state index in [4.69, 9.17) is 11.6 Å². The second-order valence-corrected chi connectivity index (χ2v) is 7.26. The Hall–Kier alpha value is -1.41. The molecule has 3 rings (SSSR count). The summed E-state index contributed by atoms with van der Waals surface area (Å²) in [6.07, 6.45) is -1.54. The van der Waals surface area contributed by atoms with Crippen molar-refractivity contribution in [3.05, 3.63) is 57.4 Å². The molecule has 0 unspecified atom stereocenters. The van der Waals surface area contributed by atoms with Crippen LogP contribution in [0.2, 0.25) is 5.02 Å². The third-order valence-electron chi connectivity index (χ3n) is 3.51. The van der Waals surface area contributed by atoms with Crippen molar-refractivity contribution in [2.45, 2.75) is 17.2 Å². The van der Waals surface area contributed by atoms with Crippen molar-refractivity contribution < 1.29 is 13.2 Å². The first-order valence-electron chi connectivity index (χ1n) is 7.10. The lowest BCUT2D eigenvalue weighted by Gasteiger charge is -2.15. The molecule has 2 heterocycles. The zero-order valence-electron chi connectivity index (χ0n) is 13.2. The van der Waals surface area contributed by atoms with Gasteiger partial charge in [-0.05, 0) is 33.6 Å². The first-order chi connectivity index (χ1) is 12.3. The quantitative estimate of drug-likeness (QED) is 0.383. The lowest BCUT2D eigenvalue weighted by atomic mass is 10.1. The van der Waals surface area contributed by atoms with Crippen LogP contribution in [0.1, 0.15) is 11.3 Å². The minimum absolute atomic E-state index is 0. The van der Waals surface area contributed by atoms with E-state index in [0.717, 1.165) is 16.3 Å². The standard InChI is InChI=1S/C16H9BrClF3N4S.BrH/c17-12-11(7-22)13(9-1-3-10(18)4-2-9)25(14(12)16(19,20)21)8-26-15-23-5-6-24-15;/h1-6H,8H2,(H,23,24);1H. The summed E-state index contributed by atoms with van der Waals surface area (Å²) in [6, 6.07) is 8.17. The van der Waals surface area contributed by atoms with E-state index in [1.54, 1.807) is 30.5 Å². The molecule has 1 N–H and O–H groups in total. The van der Waals surface area contributed by atoms with E-state index in [1.165, 1.54) is 6.20 Å². The maximum Gasteiger partial charge on any atom is 0.432 e. The number of thioether (sulfide) groups is 1. The van der Waals surface area contributed by atoms with Gasteiger partial charge in [0.05, 0.1) is 21.6 Å². The molecule has 1 aromatic carbocycles. The van der Waals surface area contributed by atoms with E-state index >= 15 is 0 Å². The molecule has 0 aliphatic carbocycles. The van der Waals surface area contributed by atoms with E-state index < -0.39 is 11.9 Å². The Kier molecular flexibility index (Phi) is 7.08. The van der Waals surface area contributed by atoms with Crippen molar-refractivity contribution in [3.8, 4) is 17.3 Å². The fourth-order valence-corrected chi connectivity index (χ4v) is 4.10. The Balaban J connectivity index is 0.00000261. The van der Waals surface area contributed by atoms with E-state index in [9.17, 15) is 18.4 Å². The number of aromatic amines is 1. The van der Waals surface area contributed by atoms with Gasteiger partial charge in [-0.25, -0.2) is 4.98 Å². The number of nitrogens with zero attached hydrogens (tertiary/aromatic N) is 3. The largest absolute Gasteiger partial charge is 0.432 e. The SMILES string of the molecule is Br.N#Cc1c(Br)c(C(F)(F)F)n(CSc2ncc[nH]2)c1-c1ccc(Cl)cc1. The summed E-state index contributed by atoms with van der Waals surface area (Å²) < 4.78 is 41.8. The molecule has 4 nitrogen and oxygen atoms in total. The van der Waals surface area contributed by atoms with Gasteiger partial charge in [0.2, 0.25) is 0 Å². The normalized spacial score (nSPS) is 11.1. The number of benzene rings is 1. The van der Waals surface area contributed by atoms with Gasteiger partial charge in [-0.15, -0.1) is 17.0 Å². The van der Waals surface area contributed by atoms with Crippen molar-refractivity contribution >= 4 is 56.3 Å². The van der Waals surface area contributed by atoms with E-state index in [0.29, 0.717) is 15.7 Å². The Morgan fingerprint density at radius 1 is 1.30 bits per heavy atom. The fraction of sp³-hybridized carbons (Fsp3) is 0.125. The molecule has 0 bridgehead atoms. The van der Waals surface area contributed by atoms with Crippen LogP contribution >= 0.6 is 56.3 Å². The van der Waals surface area contributed by atoms with Crippen molar-refractivity contribution in [1.29, 1.82) is 5.26 Å². The Morgan fingerprint density at radius 2 is 1.96 bits per heavy atom. The fourth-order valence-electron chi connectivity index (χ4n) is 2.46. The molecule has 2 aromatic heterocycles. The molecule has 0 spiro atoms. The van der Waals surface area contributed by atoms with Gasteiger partial charge in [0.15, 0.2) is 5.16 Å². The number of imidazole rings is 1. The number of nitriles is 1. The van der Waals surface area contributed by atoms with Gasteiger partial charge < -0.3 is 9.55 Å². The van der Waals surface area contributed by atoms with E-state index in [2.05, 4.69) is 25.9 Å². The van der Waals surface area contributed by atoms with Gasteiger partial charge in [-0.3, -0.25) is 0 Å². The number of rotatable bonds is 4. The van der Waals surface area contributed by atoms with Crippen LogP contribution in [0.3, 0.4) is 0 Å². The highest BCUT2D eigenvalue weighted by Crippen LogP contribution is 2.44. The third kappa shape index (κ3) is 4.54. The molecule has 0 saturated carbocycles. The lowest BCUT2D eigenvalue weighted by molar-refractivity contribution is -0.143. The zero-order chi connectivity index (χ0) is 18.9. The molecule has 11 heteroatoms. The lowest BCUT2D eigenvalue weighted by Crippen LogP contribution is -2.14. The predicted octanol–water partition coefficient (Wildman–Crippen LogP) is 6.51. The van der Waals surface area contributed by atoms with Gasteiger partial charge >= 0.3 is 6.18 Å². The molecule has 0 aliphatic rings. The molecule has 27 heavy (non-hydrogen) atoms. The molecule has 0 amide bonds. The van der Waals surface area contributed by atoms with Crippen LogP contribution in [-0.2, 0) is 12.1 Å². The van der Waals surface area contributed by atoms with Gasteiger partial charge in [0, 0.05) is 17.4 Å². The molecule has 0 fully saturated rings. The molecular weight excluding hydrogens is 533 g/mol. The first kappa shape index (κ1) is 21.9. The highest BCUT2D eigenvalue weighted by Gasteiger charge is 2.40. The molecule has 0 radical (unpaired) electrons. The van der Waals surface area contributed by atoms with Crippen molar-refractivity contribution in [3.63, 3.8) is 0 Å². The Bertz CT molecular complexity index is 964. The molecule has 142 valence electrons. The summed E-state index contributed by atoms with van der Waals surface area (Å²) in [5, 5.41) is 10.4. The van der Waals surface area contributed by atoms with Gasteiger partial charge in [0.25, 0.3) is 0 Å². The summed E-state index contributed by atoms with van der Waals surface area (Å²) in [7, 11) is 0. The second-order valence-electron chi connectivity index (χ2n) is 5.10. The molecule has 3 aromatic rings. The summed E-state index contributed by atoms with van der Waals surface area (Å²) in [5.74, 6) is -0.0827. The maximum atomic E-state index is 13.7. The van der Waals surface area contributed by atoms with Crippen LogP contribution < -0.4 is 0 Å². The smallest absolute Gasteiger partial charge is 0.340 e. The molecular formula is C16H10Br2ClF3N4S. The molecule has 0 aliphatic heterocycles. The number of hydrogen-bond acceptors (Lipinski definition) is 3. The van der Waals surface area contributed by atoms with Crippen molar-refractivity contribution in [2.75, 3.05) is 0 Å². The Morgan fingerprint density at radius 3 is 2.48 bits per heavy atom. The van der Waals surface area contributed by atoms with Crippen molar-refractivity contribution in [1.82, 2.24) is 14.5 Å². The van der Waals surface area contributed by atoms with Crippen LogP contribution in [0.4, 0.5) is 13.2 Å². The number of hydrogen-bond donors (Lipinski definition) is 1. The number of H-pyrrole nitrogens is 1. The summed E-state index contributed by atoms with van der Waals surface area (Å²) in [6.45, 7) is 0.